The molecule has 1 saturated carbocycles. The SMILES string of the molecule is CCOC(=O)c1nn[n+]([O-])cc1C1CC1. The zero-order valence-electron chi connectivity index (χ0n) is 8.34. The van der Waals surface area contributed by atoms with E-state index >= 15 is 0 Å². The predicted octanol–water partition coefficient (Wildman–Crippen LogP) is 0.164. The molecule has 0 amide bonds. The molecule has 1 aliphatic rings. The number of carbonyl (C=O) groups is 1. The Balaban J connectivity index is 2.32. The molecule has 1 heterocycles. The first-order chi connectivity index (χ1) is 7.22. The van der Waals surface area contributed by atoms with E-state index < -0.39 is 5.97 Å². The quantitative estimate of drug-likeness (QED) is 0.402. The van der Waals surface area contributed by atoms with Crippen LogP contribution in [0.4, 0.5) is 0 Å². The zero-order valence-corrected chi connectivity index (χ0v) is 8.34. The number of carbonyl (C=O) groups excluding carboxylic acids is 1. The molecule has 1 aromatic rings. The van der Waals surface area contributed by atoms with Gasteiger partial charge in [0.1, 0.15) is 11.4 Å². The van der Waals surface area contributed by atoms with Crippen LogP contribution < -0.4 is 4.85 Å². The lowest BCUT2D eigenvalue weighted by atomic mass is 10.1. The van der Waals surface area contributed by atoms with Crippen LogP contribution in [0.1, 0.15) is 41.7 Å². The van der Waals surface area contributed by atoms with E-state index in [1.807, 2.05) is 0 Å². The number of hydrogen-bond donors (Lipinski definition) is 0. The van der Waals surface area contributed by atoms with Gasteiger partial charge in [0.05, 0.1) is 17.3 Å². The van der Waals surface area contributed by atoms with E-state index in [0.717, 1.165) is 12.8 Å². The van der Waals surface area contributed by atoms with Crippen molar-refractivity contribution in [2.45, 2.75) is 25.7 Å². The van der Waals surface area contributed by atoms with Crippen LogP contribution in [0.5, 0.6) is 0 Å². The third kappa shape index (κ3) is 2.03. The molecular formula is C9H11N3O3. The topological polar surface area (TPSA) is 79.0 Å². The van der Waals surface area contributed by atoms with Gasteiger partial charge in [0.15, 0.2) is 0 Å². The second-order valence-corrected chi connectivity index (χ2v) is 3.42. The molecule has 80 valence electrons. The second-order valence-electron chi connectivity index (χ2n) is 3.42. The fourth-order valence-electron chi connectivity index (χ4n) is 1.40. The van der Waals surface area contributed by atoms with Crippen molar-refractivity contribution in [2.24, 2.45) is 0 Å². The smallest absolute Gasteiger partial charge is 0.386 e. The monoisotopic (exact) mass is 209 g/mol. The fraction of sp³-hybridized carbons (Fsp3) is 0.556. The Morgan fingerprint density at radius 1 is 1.73 bits per heavy atom. The first-order valence-corrected chi connectivity index (χ1v) is 4.86. The molecule has 0 saturated heterocycles. The van der Waals surface area contributed by atoms with Crippen LogP contribution in [0, 0.1) is 5.21 Å². The molecular weight excluding hydrogens is 198 g/mol. The van der Waals surface area contributed by atoms with Crippen molar-refractivity contribution in [1.29, 1.82) is 0 Å². The van der Waals surface area contributed by atoms with Crippen LogP contribution in [-0.2, 0) is 4.74 Å². The molecule has 0 bridgehead atoms. The van der Waals surface area contributed by atoms with E-state index in [0.29, 0.717) is 10.4 Å². The average molecular weight is 209 g/mol. The van der Waals surface area contributed by atoms with Crippen LogP contribution in [0.2, 0.25) is 0 Å². The average Bonchev–Trinajstić information content (AvgIpc) is 3.01. The molecule has 1 fully saturated rings. The fourth-order valence-corrected chi connectivity index (χ4v) is 1.40. The number of esters is 1. The van der Waals surface area contributed by atoms with Crippen LogP contribution in [0.15, 0.2) is 6.20 Å². The highest BCUT2D eigenvalue weighted by Crippen LogP contribution is 2.40. The highest BCUT2D eigenvalue weighted by molar-refractivity contribution is 5.88. The number of hydrogen-bond acceptors (Lipinski definition) is 5. The van der Waals surface area contributed by atoms with Gasteiger partial charge in [-0.2, -0.15) is 0 Å². The molecule has 0 aromatic carbocycles. The molecule has 0 atom stereocenters. The Morgan fingerprint density at radius 2 is 2.47 bits per heavy atom. The molecule has 1 aliphatic carbocycles. The van der Waals surface area contributed by atoms with Gasteiger partial charge in [0, 0.05) is 0 Å². The van der Waals surface area contributed by atoms with Crippen LogP contribution in [-0.4, -0.2) is 22.9 Å². The molecule has 0 aliphatic heterocycles. The summed E-state index contributed by atoms with van der Waals surface area (Å²) in [4.78, 5) is 11.8. The summed E-state index contributed by atoms with van der Waals surface area (Å²) >= 11 is 0. The summed E-state index contributed by atoms with van der Waals surface area (Å²) in [6, 6.07) is 0. The summed E-state index contributed by atoms with van der Waals surface area (Å²) in [5, 5.41) is 17.8. The predicted molar refractivity (Wildman–Crippen MR) is 48.9 cm³/mol. The Bertz CT molecular complexity index is 390. The van der Waals surface area contributed by atoms with E-state index in [1.165, 1.54) is 6.20 Å². The number of nitrogens with zero attached hydrogens (tertiary/aromatic N) is 3. The van der Waals surface area contributed by atoms with Crippen molar-refractivity contribution in [1.82, 2.24) is 10.3 Å². The van der Waals surface area contributed by atoms with Gasteiger partial charge < -0.3 is 9.94 Å². The van der Waals surface area contributed by atoms with Gasteiger partial charge in [0.25, 0.3) is 5.69 Å². The lowest BCUT2D eigenvalue weighted by Gasteiger charge is -2.03. The minimum Gasteiger partial charge on any atom is -0.691 e. The lowest BCUT2D eigenvalue weighted by Crippen LogP contribution is -2.34. The summed E-state index contributed by atoms with van der Waals surface area (Å²) in [7, 11) is 0. The Kier molecular flexibility index (Phi) is 2.49. The van der Waals surface area contributed by atoms with Crippen molar-refractivity contribution in [3.05, 3.63) is 22.7 Å². The van der Waals surface area contributed by atoms with E-state index in [-0.39, 0.29) is 18.2 Å². The van der Waals surface area contributed by atoms with Crippen LogP contribution in [0.3, 0.4) is 0 Å². The summed E-state index contributed by atoms with van der Waals surface area (Å²) in [5.74, 6) is -0.243. The van der Waals surface area contributed by atoms with Gasteiger partial charge in [0.2, 0.25) is 0 Å². The Morgan fingerprint density at radius 3 is 3.07 bits per heavy atom. The summed E-state index contributed by atoms with van der Waals surface area (Å²) in [6.07, 6.45) is 3.27. The van der Waals surface area contributed by atoms with Crippen molar-refractivity contribution in [3.63, 3.8) is 0 Å². The number of ether oxygens (including phenoxy) is 1. The molecule has 6 heteroatoms. The maximum Gasteiger partial charge on any atom is 0.386 e. The van der Waals surface area contributed by atoms with Crippen LogP contribution in [0.25, 0.3) is 0 Å². The number of aromatic nitrogens is 3. The van der Waals surface area contributed by atoms with Gasteiger partial charge in [-0.1, -0.05) is 0 Å². The van der Waals surface area contributed by atoms with E-state index in [2.05, 4.69) is 10.3 Å². The molecule has 0 radical (unpaired) electrons. The Labute approximate surface area is 86.4 Å². The third-order valence-corrected chi connectivity index (χ3v) is 2.24. The summed E-state index contributed by atoms with van der Waals surface area (Å²) < 4.78 is 4.83. The van der Waals surface area contributed by atoms with Crippen molar-refractivity contribution in [2.75, 3.05) is 6.61 Å². The van der Waals surface area contributed by atoms with E-state index in [4.69, 9.17) is 4.74 Å². The van der Waals surface area contributed by atoms with E-state index in [9.17, 15) is 10.0 Å². The zero-order chi connectivity index (χ0) is 10.8. The molecule has 2 rings (SSSR count). The highest BCUT2D eigenvalue weighted by Gasteiger charge is 2.34. The summed E-state index contributed by atoms with van der Waals surface area (Å²) in [6.45, 7) is 2.01. The van der Waals surface area contributed by atoms with Crippen molar-refractivity contribution < 1.29 is 14.4 Å². The molecule has 0 spiro atoms. The normalized spacial score (nSPS) is 15.0. The summed E-state index contributed by atoms with van der Waals surface area (Å²) in [5.41, 5.74) is 0.824. The minimum atomic E-state index is -0.507. The lowest BCUT2D eigenvalue weighted by molar-refractivity contribution is -0.675. The molecule has 1 aromatic heterocycles. The van der Waals surface area contributed by atoms with Gasteiger partial charge in [-0.05, 0) is 25.7 Å². The molecule has 0 N–H and O–H groups in total. The van der Waals surface area contributed by atoms with Crippen molar-refractivity contribution >= 4 is 5.97 Å². The first kappa shape index (κ1) is 9.82. The standard InChI is InChI=1S/C9H11N3O3/c1-2-15-9(13)8-7(6-3-4-6)5-12(14)11-10-8/h5-6H,2-4H2,1H3. The minimum absolute atomic E-state index is 0.173. The third-order valence-electron chi connectivity index (χ3n) is 2.24. The van der Waals surface area contributed by atoms with Gasteiger partial charge in [-0.3, -0.25) is 0 Å². The largest absolute Gasteiger partial charge is 0.691 e. The first-order valence-electron chi connectivity index (χ1n) is 4.86. The van der Waals surface area contributed by atoms with Gasteiger partial charge in [-0.15, -0.1) is 4.85 Å². The van der Waals surface area contributed by atoms with E-state index in [1.54, 1.807) is 6.92 Å². The highest BCUT2D eigenvalue weighted by atomic mass is 16.5. The van der Waals surface area contributed by atoms with Gasteiger partial charge >= 0.3 is 5.97 Å². The number of rotatable bonds is 3. The maximum atomic E-state index is 11.5. The van der Waals surface area contributed by atoms with Crippen molar-refractivity contribution in [3.8, 4) is 0 Å². The Hall–Kier alpha value is -1.72. The molecule has 15 heavy (non-hydrogen) atoms. The van der Waals surface area contributed by atoms with Crippen LogP contribution >= 0.6 is 0 Å². The van der Waals surface area contributed by atoms with Gasteiger partial charge in [-0.25, -0.2) is 4.79 Å². The molecule has 6 nitrogen and oxygen atoms in total. The molecule has 0 unspecified atom stereocenters. The maximum absolute atomic E-state index is 11.5. The second kappa shape index (κ2) is 3.80.